The second kappa shape index (κ2) is 41.7. The minimum atomic E-state index is 0.557. The first kappa shape index (κ1) is 45.2. The van der Waals surface area contributed by atoms with Gasteiger partial charge in [0, 0.05) is 51.0 Å². The second-order valence-electron chi connectivity index (χ2n) is 8.25. The van der Waals surface area contributed by atoms with E-state index in [9.17, 15) is 0 Å². The molecule has 236 valence electrons. The molecule has 0 aromatic rings. The third-order valence-corrected chi connectivity index (χ3v) is 5.78. The normalized spacial score (nSPS) is 13.7. The zero-order chi connectivity index (χ0) is 30.6. The van der Waals surface area contributed by atoms with Crippen molar-refractivity contribution in [2.75, 3.05) is 65.7 Å². The van der Waals surface area contributed by atoms with Crippen LogP contribution in [0.1, 0.15) is 114 Å². The number of unbranched alkanes of at least 4 members (excludes halogenated alkanes) is 3. The number of nitrogens with zero attached hydrogens (tertiary/aromatic N) is 2. The van der Waals surface area contributed by atoms with E-state index in [4.69, 9.17) is 14.2 Å². The van der Waals surface area contributed by atoms with Crippen molar-refractivity contribution in [3.05, 3.63) is 35.8 Å². The molecule has 1 heterocycles. The van der Waals surface area contributed by atoms with Gasteiger partial charge in [0.1, 0.15) is 12.4 Å². The lowest BCUT2D eigenvalue weighted by Crippen LogP contribution is -2.44. The van der Waals surface area contributed by atoms with Gasteiger partial charge in [-0.25, -0.2) is 0 Å². The van der Waals surface area contributed by atoms with Crippen molar-refractivity contribution >= 4 is 15.9 Å². The molecule has 1 rings (SSSR count). The highest BCUT2D eigenvalue weighted by molar-refractivity contribution is 9.09. The lowest BCUT2D eigenvalue weighted by molar-refractivity contribution is 0.109. The summed E-state index contributed by atoms with van der Waals surface area (Å²) in [5, 5.41) is 0.954. The number of hydrogen-bond acceptors (Lipinski definition) is 5. The van der Waals surface area contributed by atoms with E-state index >= 15 is 0 Å². The van der Waals surface area contributed by atoms with E-state index in [1.165, 1.54) is 44.5 Å². The van der Waals surface area contributed by atoms with Crippen molar-refractivity contribution in [1.82, 2.24) is 9.80 Å². The minimum absolute atomic E-state index is 0.557. The van der Waals surface area contributed by atoms with Gasteiger partial charge in [-0.1, -0.05) is 103 Å². The van der Waals surface area contributed by atoms with Crippen molar-refractivity contribution in [2.45, 2.75) is 114 Å². The molecule has 1 fully saturated rings. The van der Waals surface area contributed by atoms with Gasteiger partial charge in [-0.05, 0) is 50.7 Å². The molecule has 1 aliphatic rings. The van der Waals surface area contributed by atoms with Gasteiger partial charge in [0.25, 0.3) is 0 Å². The Hall–Kier alpha value is -0.820. The van der Waals surface area contributed by atoms with Gasteiger partial charge in [0.2, 0.25) is 0 Å². The van der Waals surface area contributed by atoms with Gasteiger partial charge in [0.15, 0.2) is 0 Å². The minimum Gasteiger partial charge on any atom is -0.499 e. The van der Waals surface area contributed by atoms with Gasteiger partial charge in [-0.2, -0.15) is 0 Å². The highest BCUT2D eigenvalue weighted by Crippen LogP contribution is 2.16. The number of ether oxygens (including phenoxy) is 3. The average molecular weight is 622 g/mol. The zero-order valence-corrected chi connectivity index (χ0v) is 29.7. The summed E-state index contributed by atoms with van der Waals surface area (Å²) in [5.41, 5.74) is 1.38. The topological polar surface area (TPSA) is 34.2 Å². The third kappa shape index (κ3) is 31.6. The Labute approximate surface area is 254 Å². The van der Waals surface area contributed by atoms with Gasteiger partial charge in [-0.15, -0.1) is 0 Å². The first-order valence-electron chi connectivity index (χ1n) is 15.8. The molecule has 0 bridgehead atoms. The van der Waals surface area contributed by atoms with E-state index in [0.29, 0.717) is 6.61 Å². The van der Waals surface area contributed by atoms with Crippen LogP contribution < -0.4 is 0 Å². The molecular weight excluding hydrogens is 552 g/mol. The number of alkyl halides is 1. The molecule has 0 radical (unpaired) electrons. The molecule has 39 heavy (non-hydrogen) atoms. The molecule has 5 nitrogen and oxygen atoms in total. The number of hydrogen-bond donors (Lipinski definition) is 0. The van der Waals surface area contributed by atoms with Crippen molar-refractivity contribution in [2.24, 2.45) is 0 Å². The van der Waals surface area contributed by atoms with E-state index in [1.54, 1.807) is 14.2 Å². The molecule has 0 spiro atoms. The van der Waals surface area contributed by atoms with E-state index < -0.39 is 0 Å². The Morgan fingerprint density at radius 3 is 2.03 bits per heavy atom. The Morgan fingerprint density at radius 1 is 0.821 bits per heavy atom. The first-order chi connectivity index (χ1) is 19.2. The standard InChI is InChI=1S/C23H41BrN2O2.C4H10O.3C2H6/c1-4-6-11-19-28-20-23(27-3)14-13-22(5-2)26-18-12-17-25(21-26)16-10-8-7-9-15-24;1-3-4-5-2;3*1-2/h7,9,13-14H,4-6,8,10-12,15-21H2,1-3H3;3-4H2,1-2H3;3*1-2H3/b9-7-,22-13+,23-14+;;;;. The highest BCUT2D eigenvalue weighted by atomic mass is 79.9. The third-order valence-electron chi connectivity index (χ3n) is 5.41. The zero-order valence-electron chi connectivity index (χ0n) is 28.1. The summed E-state index contributed by atoms with van der Waals surface area (Å²) in [6.07, 6.45) is 18.1. The Balaban J connectivity index is -0.000000480. The second-order valence-corrected chi connectivity index (χ2v) is 8.89. The molecule has 1 aliphatic heterocycles. The van der Waals surface area contributed by atoms with E-state index in [1.807, 2.05) is 41.5 Å². The van der Waals surface area contributed by atoms with Crippen LogP contribution in [0.2, 0.25) is 0 Å². The van der Waals surface area contributed by atoms with Crippen LogP contribution in [0.3, 0.4) is 0 Å². The largest absolute Gasteiger partial charge is 0.499 e. The smallest absolute Gasteiger partial charge is 0.121 e. The van der Waals surface area contributed by atoms with E-state index in [-0.39, 0.29) is 0 Å². The monoisotopic (exact) mass is 620 g/mol. The average Bonchev–Trinajstić information content (AvgIpc) is 3.00. The summed E-state index contributed by atoms with van der Waals surface area (Å²) in [4.78, 5) is 5.09. The molecule has 0 aliphatic carbocycles. The van der Waals surface area contributed by atoms with Crippen molar-refractivity contribution in [3.63, 3.8) is 0 Å². The van der Waals surface area contributed by atoms with Crippen LogP contribution >= 0.6 is 15.9 Å². The van der Waals surface area contributed by atoms with Crippen LogP contribution in [-0.4, -0.2) is 75.5 Å². The number of methoxy groups -OCH3 is 2. The maximum absolute atomic E-state index is 5.74. The fourth-order valence-corrected chi connectivity index (χ4v) is 3.80. The summed E-state index contributed by atoms with van der Waals surface area (Å²) in [6, 6.07) is 0. The maximum atomic E-state index is 5.74. The Bertz CT molecular complexity index is 523. The van der Waals surface area contributed by atoms with Gasteiger partial charge < -0.3 is 19.1 Å². The van der Waals surface area contributed by atoms with E-state index in [0.717, 1.165) is 63.2 Å². The Morgan fingerprint density at radius 2 is 1.51 bits per heavy atom. The van der Waals surface area contributed by atoms with Crippen molar-refractivity contribution in [3.8, 4) is 0 Å². The molecule has 1 saturated heterocycles. The summed E-state index contributed by atoms with van der Waals surface area (Å²) < 4.78 is 15.9. The van der Waals surface area contributed by atoms with Gasteiger partial charge >= 0.3 is 0 Å². The van der Waals surface area contributed by atoms with Gasteiger partial charge in [0.05, 0.1) is 13.8 Å². The summed E-state index contributed by atoms with van der Waals surface area (Å²) in [6.45, 7) is 25.3. The molecule has 0 unspecified atom stereocenters. The molecule has 6 heteroatoms. The van der Waals surface area contributed by atoms with E-state index in [2.05, 4.69) is 70.8 Å². The van der Waals surface area contributed by atoms with Crippen molar-refractivity contribution in [1.29, 1.82) is 0 Å². The lowest BCUT2D eigenvalue weighted by atomic mass is 10.2. The Kier molecular flexibility index (Phi) is 48.3. The van der Waals surface area contributed by atoms with Gasteiger partial charge in [-0.3, -0.25) is 4.90 Å². The molecule has 0 amide bonds. The van der Waals surface area contributed by atoms with Crippen LogP contribution in [0, 0.1) is 0 Å². The number of allylic oxidation sites excluding steroid dienone is 5. The molecule has 0 N–H and O–H groups in total. The predicted molar refractivity (Wildman–Crippen MR) is 180 cm³/mol. The first-order valence-corrected chi connectivity index (χ1v) is 17.0. The fourth-order valence-electron chi connectivity index (χ4n) is 3.54. The molecular formula is C33H69BrN2O3. The van der Waals surface area contributed by atoms with Crippen LogP contribution in [0.15, 0.2) is 35.8 Å². The SMILES string of the molecule is CC.CC.CC.CCCCCOC/C(=C\C=C(/CC)N1CCCN(CCC/C=C\CBr)C1)OC.CCCOC. The highest BCUT2D eigenvalue weighted by Gasteiger charge is 2.17. The molecule has 0 aromatic heterocycles. The predicted octanol–water partition coefficient (Wildman–Crippen LogP) is 9.84. The quantitative estimate of drug-likeness (QED) is 0.0531. The lowest BCUT2D eigenvalue weighted by Gasteiger charge is -2.38. The summed E-state index contributed by atoms with van der Waals surface area (Å²) in [7, 11) is 3.44. The summed E-state index contributed by atoms with van der Waals surface area (Å²) >= 11 is 3.43. The van der Waals surface area contributed by atoms with Crippen LogP contribution in [0.5, 0.6) is 0 Å². The van der Waals surface area contributed by atoms with Crippen LogP contribution in [0.25, 0.3) is 0 Å². The molecule has 0 saturated carbocycles. The fraction of sp³-hybridized carbons (Fsp3) is 0.818. The van der Waals surface area contributed by atoms with Crippen LogP contribution in [-0.2, 0) is 14.2 Å². The van der Waals surface area contributed by atoms with Crippen molar-refractivity contribution < 1.29 is 14.2 Å². The molecule has 0 aromatic carbocycles. The number of rotatable bonds is 17. The van der Waals surface area contributed by atoms with Crippen LogP contribution in [0.4, 0.5) is 0 Å². The molecule has 0 atom stereocenters. The maximum Gasteiger partial charge on any atom is 0.121 e. The number of halogens is 1. The summed E-state index contributed by atoms with van der Waals surface area (Å²) in [5.74, 6) is 0.898.